The number of nitrogens with zero attached hydrogens (tertiary/aromatic N) is 1. The van der Waals surface area contributed by atoms with Gasteiger partial charge in [0.15, 0.2) is 10.9 Å². The molecule has 1 N–H and O–H groups in total. The van der Waals surface area contributed by atoms with E-state index < -0.39 is 0 Å². The molecule has 0 aliphatic rings. The Labute approximate surface area is 173 Å². The van der Waals surface area contributed by atoms with Crippen molar-refractivity contribution in [2.24, 2.45) is 0 Å². The number of hydrogen-bond acceptors (Lipinski definition) is 4. The van der Waals surface area contributed by atoms with Gasteiger partial charge in [-0.1, -0.05) is 66.4 Å². The second kappa shape index (κ2) is 8.95. The van der Waals surface area contributed by atoms with Crippen LogP contribution in [0.5, 0.6) is 5.75 Å². The van der Waals surface area contributed by atoms with Crippen molar-refractivity contribution in [1.82, 2.24) is 9.97 Å². The molecule has 0 radical (unpaired) electrons. The van der Waals surface area contributed by atoms with Crippen molar-refractivity contribution in [3.63, 3.8) is 0 Å². The standard InChI is InChI=1S/C22H18N2O2S.ClH/c1-26-18-11-12-19-20(13-18)24-22(23-19)27-14-21(25)17-9-7-16(8-10-17)15-5-3-2-4-6-15;/h2-13H,14H2,1H3,(H,23,24);1H. The van der Waals surface area contributed by atoms with E-state index >= 15 is 0 Å². The van der Waals surface area contributed by atoms with E-state index in [1.54, 1.807) is 7.11 Å². The van der Waals surface area contributed by atoms with E-state index in [1.807, 2.05) is 60.7 Å². The van der Waals surface area contributed by atoms with Crippen molar-refractivity contribution in [2.75, 3.05) is 12.9 Å². The molecule has 0 bridgehead atoms. The van der Waals surface area contributed by atoms with Gasteiger partial charge in [-0.2, -0.15) is 0 Å². The number of halogens is 1. The number of Topliss-reactive ketones (excluding diaryl/α,β-unsaturated/α-hetero) is 1. The molecule has 1 aromatic heterocycles. The van der Waals surface area contributed by atoms with Crippen LogP contribution in [0, 0.1) is 0 Å². The van der Waals surface area contributed by atoms with Crippen LogP contribution in [0.15, 0.2) is 78.0 Å². The van der Waals surface area contributed by atoms with E-state index in [0.29, 0.717) is 11.3 Å². The number of benzene rings is 3. The third kappa shape index (κ3) is 4.38. The summed E-state index contributed by atoms with van der Waals surface area (Å²) >= 11 is 1.41. The van der Waals surface area contributed by atoms with Crippen LogP contribution >= 0.6 is 24.2 Å². The average molecular weight is 411 g/mol. The van der Waals surface area contributed by atoms with Crippen LogP contribution in [0.25, 0.3) is 22.2 Å². The first-order chi connectivity index (χ1) is 13.2. The van der Waals surface area contributed by atoms with Gasteiger partial charge >= 0.3 is 0 Å². The van der Waals surface area contributed by atoms with E-state index in [-0.39, 0.29) is 18.2 Å². The highest BCUT2D eigenvalue weighted by Gasteiger charge is 2.10. The maximum absolute atomic E-state index is 12.5. The summed E-state index contributed by atoms with van der Waals surface area (Å²) in [7, 11) is 1.63. The molecule has 0 amide bonds. The first-order valence-electron chi connectivity index (χ1n) is 8.58. The van der Waals surface area contributed by atoms with Gasteiger partial charge in [0, 0.05) is 11.6 Å². The minimum absolute atomic E-state index is 0. The van der Waals surface area contributed by atoms with E-state index in [4.69, 9.17) is 4.74 Å². The van der Waals surface area contributed by atoms with Crippen molar-refractivity contribution < 1.29 is 9.53 Å². The van der Waals surface area contributed by atoms with Gasteiger partial charge in [-0.05, 0) is 23.3 Å². The Kier molecular flexibility index (Phi) is 6.39. The number of imidazole rings is 1. The molecule has 0 atom stereocenters. The van der Waals surface area contributed by atoms with E-state index in [9.17, 15) is 4.79 Å². The topological polar surface area (TPSA) is 55.0 Å². The lowest BCUT2D eigenvalue weighted by atomic mass is 10.0. The fourth-order valence-electron chi connectivity index (χ4n) is 2.86. The van der Waals surface area contributed by atoms with Crippen molar-refractivity contribution in [3.8, 4) is 16.9 Å². The molecule has 4 aromatic rings. The first-order valence-corrected chi connectivity index (χ1v) is 9.57. The molecule has 4 rings (SSSR count). The van der Waals surface area contributed by atoms with E-state index in [1.165, 1.54) is 11.8 Å². The zero-order chi connectivity index (χ0) is 18.6. The number of thioether (sulfide) groups is 1. The Morgan fingerprint density at radius 2 is 1.71 bits per heavy atom. The number of fused-ring (bicyclic) bond motifs is 1. The Balaban J connectivity index is 0.00000225. The average Bonchev–Trinajstić information content (AvgIpc) is 3.14. The monoisotopic (exact) mass is 410 g/mol. The second-order valence-corrected chi connectivity index (χ2v) is 7.04. The summed E-state index contributed by atoms with van der Waals surface area (Å²) in [5.74, 6) is 1.19. The van der Waals surface area contributed by atoms with Crippen molar-refractivity contribution in [1.29, 1.82) is 0 Å². The van der Waals surface area contributed by atoms with Crippen molar-refractivity contribution in [2.45, 2.75) is 5.16 Å². The first kappa shape index (κ1) is 20.0. The summed E-state index contributed by atoms with van der Waals surface area (Å²) < 4.78 is 5.22. The zero-order valence-electron chi connectivity index (χ0n) is 15.2. The summed E-state index contributed by atoms with van der Waals surface area (Å²) in [4.78, 5) is 20.2. The predicted octanol–water partition coefficient (Wildman–Crippen LogP) is 5.64. The van der Waals surface area contributed by atoms with Gasteiger partial charge in [-0.15, -0.1) is 12.4 Å². The molecular formula is C22H19ClN2O2S. The SMILES string of the molecule is COc1ccc2nc(SCC(=O)c3ccc(-c4ccccc4)cc3)[nH]c2c1.Cl. The molecule has 0 aliphatic heterocycles. The number of aromatic nitrogens is 2. The normalized spacial score (nSPS) is 10.5. The van der Waals surface area contributed by atoms with Gasteiger partial charge in [0.25, 0.3) is 0 Å². The Morgan fingerprint density at radius 1 is 1.00 bits per heavy atom. The highest BCUT2D eigenvalue weighted by Crippen LogP contribution is 2.24. The number of ether oxygens (including phenoxy) is 1. The number of aromatic amines is 1. The van der Waals surface area contributed by atoms with Crippen molar-refractivity contribution in [3.05, 3.63) is 78.4 Å². The molecule has 0 saturated heterocycles. The summed E-state index contributed by atoms with van der Waals surface area (Å²) in [6.07, 6.45) is 0. The highest BCUT2D eigenvalue weighted by atomic mass is 35.5. The molecule has 0 spiro atoms. The lowest BCUT2D eigenvalue weighted by Gasteiger charge is -2.03. The van der Waals surface area contributed by atoms with Crippen molar-refractivity contribution >= 4 is 41.0 Å². The number of H-pyrrole nitrogens is 1. The van der Waals surface area contributed by atoms with Gasteiger partial charge < -0.3 is 9.72 Å². The van der Waals surface area contributed by atoms with E-state index in [2.05, 4.69) is 22.1 Å². The lowest BCUT2D eigenvalue weighted by molar-refractivity contribution is 0.102. The number of carbonyl (C=O) groups excluding carboxylic acids is 1. The fraction of sp³-hybridized carbons (Fsp3) is 0.0909. The minimum Gasteiger partial charge on any atom is -0.497 e. The van der Waals surface area contributed by atoms with Crippen LogP contribution < -0.4 is 4.74 Å². The lowest BCUT2D eigenvalue weighted by Crippen LogP contribution is -2.02. The molecule has 0 aliphatic carbocycles. The van der Waals surface area contributed by atoms with Gasteiger partial charge in [-0.3, -0.25) is 4.79 Å². The predicted molar refractivity (Wildman–Crippen MR) is 117 cm³/mol. The second-order valence-electron chi connectivity index (χ2n) is 6.08. The molecular weight excluding hydrogens is 392 g/mol. The third-order valence-electron chi connectivity index (χ3n) is 4.32. The van der Waals surface area contributed by atoms with Crippen LogP contribution in [-0.4, -0.2) is 28.6 Å². The molecule has 0 unspecified atom stereocenters. The smallest absolute Gasteiger partial charge is 0.173 e. The number of rotatable bonds is 6. The fourth-order valence-corrected chi connectivity index (χ4v) is 3.64. The number of carbonyl (C=O) groups is 1. The van der Waals surface area contributed by atoms with Gasteiger partial charge in [0.05, 0.1) is 23.9 Å². The highest BCUT2D eigenvalue weighted by molar-refractivity contribution is 7.99. The molecule has 0 fully saturated rings. The number of nitrogens with one attached hydrogen (secondary N) is 1. The Bertz CT molecular complexity index is 1080. The van der Waals surface area contributed by atoms with Crippen LogP contribution in [0.4, 0.5) is 0 Å². The molecule has 4 nitrogen and oxygen atoms in total. The molecule has 3 aromatic carbocycles. The van der Waals surface area contributed by atoms with E-state index in [0.717, 1.165) is 33.1 Å². The molecule has 28 heavy (non-hydrogen) atoms. The van der Waals surface area contributed by atoms with Gasteiger partial charge in [0.1, 0.15) is 5.75 Å². The van der Waals surface area contributed by atoms with Crippen LogP contribution in [-0.2, 0) is 0 Å². The summed E-state index contributed by atoms with van der Waals surface area (Å²) in [5, 5.41) is 0.729. The zero-order valence-corrected chi connectivity index (χ0v) is 16.8. The quantitative estimate of drug-likeness (QED) is 0.330. The summed E-state index contributed by atoms with van der Waals surface area (Å²) in [5.41, 5.74) is 4.71. The van der Waals surface area contributed by atoms with Crippen LogP contribution in [0.1, 0.15) is 10.4 Å². The molecule has 0 saturated carbocycles. The third-order valence-corrected chi connectivity index (χ3v) is 5.19. The molecule has 6 heteroatoms. The molecule has 142 valence electrons. The number of hydrogen-bond donors (Lipinski definition) is 1. The summed E-state index contributed by atoms with van der Waals surface area (Å²) in [6, 6.07) is 23.5. The molecule has 1 heterocycles. The minimum atomic E-state index is 0. The maximum atomic E-state index is 12.5. The van der Waals surface area contributed by atoms with Gasteiger partial charge in [-0.25, -0.2) is 4.98 Å². The number of methoxy groups -OCH3 is 1. The van der Waals surface area contributed by atoms with Crippen LogP contribution in [0.2, 0.25) is 0 Å². The largest absolute Gasteiger partial charge is 0.497 e. The van der Waals surface area contributed by atoms with Gasteiger partial charge in [0.2, 0.25) is 0 Å². The maximum Gasteiger partial charge on any atom is 0.173 e. The number of ketones is 1. The Morgan fingerprint density at radius 3 is 2.43 bits per heavy atom. The Hall–Kier alpha value is -2.76. The van der Waals surface area contributed by atoms with Crippen LogP contribution in [0.3, 0.4) is 0 Å². The summed E-state index contributed by atoms with van der Waals surface area (Å²) in [6.45, 7) is 0.